The van der Waals surface area contributed by atoms with Crippen molar-refractivity contribution in [1.82, 2.24) is 10.2 Å². The van der Waals surface area contributed by atoms with Crippen LogP contribution in [0.2, 0.25) is 0 Å². The van der Waals surface area contributed by atoms with E-state index in [1.165, 1.54) is 0 Å². The third kappa shape index (κ3) is 3.55. The number of benzene rings is 2. The molecular formula is C23H24N2O5. The van der Waals surface area contributed by atoms with Crippen LogP contribution in [0.1, 0.15) is 24.3 Å². The highest BCUT2D eigenvalue weighted by atomic mass is 16.5. The van der Waals surface area contributed by atoms with Crippen molar-refractivity contribution in [2.45, 2.75) is 18.8 Å². The summed E-state index contributed by atoms with van der Waals surface area (Å²) in [5, 5.41) is 5.34. The molecule has 2 aliphatic heterocycles. The first kappa shape index (κ1) is 19.1. The van der Waals surface area contributed by atoms with Gasteiger partial charge in [-0.1, -0.05) is 12.1 Å². The molecule has 2 aliphatic rings. The molecule has 156 valence electrons. The van der Waals surface area contributed by atoms with Gasteiger partial charge in [-0.15, -0.1) is 0 Å². The molecule has 1 N–H and O–H groups in total. The van der Waals surface area contributed by atoms with E-state index in [-0.39, 0.29) is 17.7 Å². The van der Waals surface area contributed by atoms with Gasteiger partial charge in [-0.3, -0.25) is 19.8 Å². The molecule has 1 unspecified atom stereocenters. The number of piperidine rings is 1. The Kier molecular flexibility index (Phi) is 5.14. The summed E-state index contributed by atoms with van der Waals surface area (Å²) in [6.07, 6.45) is 2.48. The number of hydrogen-bond acceptors (Lipinski definition) is 6. The highest BCUT2D eigenvalue weighted by Gasteiger charge is 2.31. The molecule has 0 spiro atoms. The van der Waals surface area contributed by atoms with Crippen molar-refractivity contribution in [3.63, 3.8) is 0 Å². The molecule has 3 aromatic rings. The standard InChI is InChI=1S/C23H24N2O5/c26-21-7-5-17(23(27)24-21)18-14-30-20-6-4-15-16(22(18)20)2-1-3-19(15)29-13-10-25-8-11-28-12-9-25/h1-4,6,14,17H,5,7-13H2,(H,24,26,27). The molecule has 2 fully saturated rings. The van der Waals surface area contributed by atoms with E-state index < -0.39 is 0 Å². The van der Waals surface area contributed by atoms with Gasteiger partial charge in [-0.05, 0) is 30.0 Å². The Labute approximate surface area is 173 Å². The summed E-state index contributed by atoms with van der Waals surface area (Å²) in [5.74, 6) is -0.0488. The van der Waals surface area contributed by atoms with Gasteiger partial charge in [0.1, 0.15) is 17.9 Å². The van der Waals surface area contributed by atoms with E-state index in [9.17, 15) is 9.59 Å². The maximum atomic E-state index is 12.4. The maximum absolute atomic E-state index is 12.4. The number of nitrogens with one attached hydrogen (secondary N) is 1. The second-order valence-electron chi connectivity index (χ2n) is 7.79. The van der Waals surface area contributed by atoms with E-state index >= 15 is 0 Å². The Morgan fingerprint density at radius 3 is 2.80 bits per heavy atom. The van der Waals surface area contributed by atoms with E-state index in [2.05, 4.69) is 10.2 Å². The minimum atomic E-state index is -0.388. The van der Waals surface area contributed by atoms with E-state index in [0.717, 1.165) is 65.9 Å². The van der Waals surface area contributed by atoms with Gasteiger partial charge in [0.15, 0.2) is 0 Å². The van der Waals surface area contributed by atoms with Gasteiger partial charge in [0.05, 0.1) is 25.4 Å². The zero-order valence-electron chi connectivity index (χ0n) is 16.7. The highest BCUT2D eigenvalue weighted by molar-refractivity contribution is 6.12. The van der Waals surface area contributed by atoms with Crippen molar-refractivity contribution in [3.05, 3.63) is 42.2 Å². The summed E-state index contributed by atoms with van der Waals surface area (Å²) >= 11 is 0. The normalized spacial score (nSPS) is 20.6. The van der Waals surface area contributed by atoms with Crippen LogP contribution in [0.15, 0.2) is 41.0 Å². The van der Waals surface area contributed by atoms with Crippen LogP contribution < -0.4 is 10.1 Å². The van der Waals surface area contributed by atoms with Crippen LogP contribution in [0.4, 0.5) is 0 Å². The lowest BCUT2D eigenvalue weighted by Crippen LogP contribution is -2.39. The SMILES string of the molecule is O=C1CCC(c2coc3ccc4c(OCCN5CCOCC5)cccc4c23)C(=O)N1. The van der Waals surface area contributed by atoms with Crippen LogP contribution in [0.3, 0.4) is 0 Å². The smallest absolute Gasteiger partial charge is 0.234 e. The topological polar surface area (TPSA) is 81.0 Å². The van der Waals surface area contributed by atoms with E-state index in [1.54, 1.807) is 6.26 Å². The first-order chi connectivity index (χ1) is 14.7. The van der Waals surface area contributed by atoms with Crippen molar-refractivity contribution in [1.29, 1.82) is 0 Å². The fraction of sp³-hybridized carbons (Fsp3) is 0.391. The van der Waals surface area contributed by atoms with Crippen molar-refractivity contribution in [3.8, 4) is 5.75 Å². The Morgan fingerprint density at radius 1 is 1.10 bits per heavy atom. The minimum absolute atomic E-state index is 0.218. The second kappa shape index (κ2) is 8.08. The molecular weight excluding hydrogens is 384 g/mol. The molecule has 7 heteroatoms. The summed E-state index contributed by atoms with van der Waals surface area (Å²) in [5.41, 5.74) is 1.55. The van der Waals surface area contributed by atoms with Gasteiger partial charge < -0.3 is 13.9 Å². The fourth-order valence-corrected chi connectivity index (χ4v) is 4.37. The minimum Gasteiger partial charge on any atom is -0.492 e. The lowest BCUT2D eigenvalue weighted by molar-refractivity contribution is -0.134. The average Bonchev–Trinajstić information content (AvgIpc) is 3.19. The van der Waals surface area contributed by atoms with Crippen LogP contribution >= 0.6 is 0 Å². The number of fused-ring (bicyclic) bond motifs is 3. The molecule has 0 radical (unpaired) electrons. The van der Waals surface area contributed by atoms with Gasteiger partial charge in [0, 0.05) is 42.4 Å². The van der Waals surface area contributed by atoms with Gasteiger partial charge in [-0.2, -0.15) is 0 Å². The monoisotopic (exact) mass is 408 g/mol. The van der Waals surface area contributed by atoms with Gasteiger partial charge in [0.25, 0.3) is 0 Å². The number of carbonyl (C=O) groups excluding carboxylic acids is 2. The summed E-state index contributed by atoms with van der Waals surface area (Å²) in [6.45, 7) is 4.87. The Balaban J connectivity index is 1.45. The van der Waals surface area contributed by atoms with Gasteiger partial charge in [-0.25, -0.2) is 0 Å². The maximum Gasteiger partial charge on any atom is 0.234 e. The number of imide groups is 1. The molecule has 2 saturated heterocycles. The predicted octanol–water partition coefficient (Wildman–Crippen LogP) is 2.82. The molecule has 1 aromatic heterocycles. The molecule has 5 rings (SSSR count). The Bertz CT molecular complexity index is 1100. The van der Waals surface area contributed by atoms with Gasteiger partial charge in [0.2, 0.25) is 11.8 Å². The Morgan fingerprint density at radius 2 is 1.97 bits per heavy atom. The summed E-state index contributed by atoms with van der Waals surface area (Å²) < 4.78 is 17.3. The number of morpholine rings is 1. The zero-order valence-corrected chi connectivity index (χ0v) is 16.7. The third-order valence-electron chi connectivity index (χ3n) is 5.97. The lowest BCUT2D eigenvalue weighted by Gasteiger charge is -2.26. The number of carbonyl (C=O) groups is 2. The van der Waals surface area contributed by atoms with E-state index in [1.807, 2.05) is 30.3 Å². The highest BCUT2D eigenvalue weighted by Crippen LogP contribution is 2.39. The average molecular weight is 408 g/mol. The van der Waals surface area contributed by atoms with Crippen LogP contribution in [-0.4, -0.2) is 56.2 Å². The van der Waals surface area contributed by atoms with Crippen LogP contribution in [0.25, 0.3) is 21.7 Å². The number of rotatable bonds is 5. The number of hydrogen-bond donors (Lipinski definition) is 1. The first-order valence-corrected chi connectivity index (χ1v) is 10.4. The lowest BCUT2D eigenvalue weighted by atomic mass is 9.89. The van der Waals surface area contributed by atoms with Crippen molar-refractivity contribution < 1.29 is 23.5 Å². The number of amides is 2. The van der Waals surface area contributed by atoms with Crippen molar-refractivity contribution in [2.24, 2.45) is 0 Å². The summed E-state index contributed by atoms with van der Waals surface area (Å²) in [4.78, 5) is 26.3. The molecule has 7 nitrogen and oxygen atoms in total. The number of nitrogens with zero attached hydrogens (tertiary/aromatic N) is 1. The zero-order chi connectivity index (χ0) is 20.5. The Hall–Kier alpha value is -2.90. The largest absolute Gasteiger partial charge is 0.492 e. The first-order valence-electron chi connectivity index (χ1n) is 10.4. The molecule has 2 amide bonds. The molecule has 0 saturated carbocycles. The van der Waals surface area contributed by atoms with E-state index in [0.29, 0.717) is 19.4 Å². The molecule has 0 bridgehead atoms. The number of ether oxygens (including phenoxy) is 2. The summed E-state index contributed by atoms with van der Waals surface area (Å²) in [7, 11) is 0. The second-order valence-corrected chi connectivity index (χ2v) is 7.79. The van der Waals surface area contributed by atoms with Crippen LogP contribution in [0.5, 0.6) is 5.75 Å². The molecule has 0 aliphatic carbocycles. The molecule has 1 atom stereocenters. The van der Waals surface area contributed by atoms with Gasteiger partial charge >= 0.3 is 0 Å². The van der Waals surface area contributed by atoms with Crippen molar-refractivity contribution >= 4 is 33.6 Å². The van der Waals surface area contributed by atoms with Crippen LogP contribution in [-0.2, 0) is 14.3 Å². The predicted molar refractivity (Wildman–Crippen MR) is 112 cm³/mol. The molecule has 30 heavy (non-hydrogen) atoms. The number of furan rings is 1. The van der Waals surface area contributed by atoms with Crippen molar-refractivity contribution in [2.75, 3.05) is 39.5 Å². The molecule has 2 aromatic carbocycles. The fourth-order valence-electron chi connectivity index (χ4n) is 4.37. The molecule has 3 heterocycles. The summed E-state index contributed by atoms with van der Waals surface area (Å²) in [6, 6.07) is 9.88. The quantitative estimate of drug-likeness (QED) is 0.654. The van der Waals surface area contributed by atoms with Crippen LogP contribution in [0, 0.1) is 0 Å². The third-order valence-corrected chi connectivity index (χ3v) is 5.97. The van der Waals surface area contributed by atoms with E-state index in [4.69, 9.17) is 13.9 Å².